The lowest BCUT2D eigenvalue weighted by Gasteiger charge is -2.39. The summed E-state index contributed by atoms with van der Waals surface area (Å²) in [5.74, 6) is 0. The average molecular weight is 301 g/mol. The largest absolute Gasteiger partial charge is 0.466 e. The zero-order chi connectivity index (χ0) is 14.6. The number of carbonyl (C=O) groups excluding carboxylic acids is 1. The van der Waals surface area contributed by atoms with Crippen molar-refractivity contribution < 1.29 is 15.8 Å². The number of ether oxygens (including phenoxy) is 1. The molecule has 6 nitrogen and oxygen atoms in total. The molecule has 1 heterocycles. The molecule has 0 radical (unpaired) electrons. The molecule has 0 saturated heterocycles. The third kappa shape index (κ3) is 3.60. The Bertz CT molecular complexity index is 508. The van der Waals surface area contributed by atoms with E-state index in [0.717, 1.165) is 19.3 Å². The van der Waals surface area contributed by atoms with Gasteiger partial charge in [0.15, 0.2) is 1.37 Å². The summed E-state index contributed by atoms with van der Waals surface area (Å²) in [5, 5.41) is 11.2. The van der Waals surface area contributed by atoms with Crippen LogP contribution in [0.5, 0.6) is 0 Å². The first-order chi connectivity index (χ1) is 9.51. The Morgan fingerprint density at radius 1 is 1.63 bits per heavy atom. The zero-order valence-electron chi connectivity index (χ0n) is 10.9. The number of pyridine rings is 1. The van der Waals surface area contributed by atoms with E-state index >= 15 is 0 Å². The molecule has 1 aliphatic carbocycles. The van der Waals surface area contributed by atoms with Gasteiger partial charge in [-0.2, -0.15) is 0 Å². The van der Waals surface area contributed by atoms with Gasteiger partial charge >= 0.3 is 0 Å². The van der Waals surface area contributed by atoms with Gasteiger partial charge in [-0.3, -0.25) is 14.9 Å². The van der Waals surface area contributed by atoms with Gasteiger partial charge in [0.05, 0.1) is 9.67 Å². The van der Waals surface area contributed by atoms with E-state index in [9.17, 15) is 14.9 Å². The molecule has 102 valence electrons. The minimum atomic E-state index is -1.02. The van der Waals surface area contributed by atoms with Gasteiger partial charge in [-0.05, 0) is 29.7 Å². The van der Waals surface area contributed by atoms with Gasteiger partial charge < -0.3 is 4.74 Å². The molecular formula is C11H12N2O4S2. The van der Waals surface area contributed by atoms with Crippen LogP contribution in [-0.4, -0.2) is 27.7 Å². The van der Waals surface area contributed by atoms with Gasteiger partial charge in [0.25, 0.3) is 12.1 Å². The molecular weight excluding hydrogens is 288 g/mol. The first-order valence-corrected chi connectivity index (χ1v) is 7.75. The maximum atomic E-state index is 10.6. The van der Waals surface area contributed by atoms with Gasteiger partial charge in [0.1, 0.15) is 17.8 Å². The molecule has 8 heteroatoms. The van der Waals surface area contributed by atoms with Crippen LogP contribution >= 0.6 is 21.6 Å². The molecule has 0 aliphatic heterocycles. The van der Waals surface area contributed by atoms with Gasteiger partial charge in [-0.15, -0.1) is 0 Å². The fraction of sp³-hybridized carbons (Fsp3) is 0.455. The highest BCUT2D eigenvalue weighted by Gasteiger charge is 2.39. The van der Waals surface area contributed by atoms with E-state index in [0.29, 0.717) is 5.03 Å². The van der Waals surface area contributed by atoms with Gasteiger partial charge in [0, 0.05) is 6.07 Å². The van der Waals surface area contributed by atoms with Crippen LogP contribution < -0.4 is 0 Å². The lowest BCUT2D eigenvalue weighted by atomic mass is 9.85. The zero-order valence-corrected chi connectivity index (χ0v) is 11.5. The van der Waals surface area contributed by atoms with Crippen LogP contribution in [0.25, 0.3) is 0 Å². The van der Waals surface area contributed by atoms with Crippen molar-refractivity contribution in [3.8, 4) is 0 Å². The maximum absolute atomic E-state index is 10.6. The van der Waals surface area contributed by atoms with Gasteiger partial charge in [-0.25, -0.2) is 4.98 Å². The Labute approximate surface area is 119 Å². The summed E-state index contributed by atoms with van der Waals surface area (Å²) in [4.78, 5) is 24.6. The summed E-state index contributed by atoms with van der Waals surface area (Å²) in [7, 11) is 2.95. The van der Waals surface area contributed by atoms with Crippen LogP contribution in [-0.2, 0) is 9.53 Å². The third-order valence-corrected chi connectivity index (χ3v) is 6.09. The number of aromatic nitrogens is 1. The summed E-state index contributed by atoms with van der Waals surface area (Å²) < 4.78 is 11.4. The average Bonchev–Trinajstić information content (AvgIpc) is 2.37. The van der Waals surface area contributed by atoms with Gasteiger partial charge in [-0.1, -0.05) is 17.2 Å². The molecule has 0 unspecified atom stereocenters. The summed E-state index contributed by atoms with van der Waals surface area (Å²) in [5.41, 5.74) is -0.0409. The first kappa shape index (κ1) is 12.7. The SMILES string of the molecule is [2H]C(=O)OCC1(SSc2ccc([N+](=O)[O-])cn2)CCC1. The van der Waals surface area contributed by atoms with Crippen LogP contribution in [0.15, 0.2) is 23.4 Å². The fourth-order valence-corrected chi connectivity index (χ4v) is 4.42. The molecule has 2 rings (SSSR count). The summed E-state index contributed by atoms with van der Waals surface area (Å²) in [6, 6.07) is 3.01. The topological polar surface area (TPSA) is 82.3 Å². The minimum Gasteiger partial charge on any atom is -0.466 e. The molecule has 1 aromatic rings. The van der Waals surface area contributed by atoms with Crippen molar-refractivity contribution in [1.29, 1.82) is 0 Å². The quantitative estimate of drug-likeness (QED) is 0.346. The molecule has 0 amide bonds. The monoisotopic (exact) mass is 301 g/mol. The van der Waals surface area contributed by atoms with Crippen LogP contribution in [0.3, 0.4) is 0 Å². The second-order valence-corrected chi connectivity index (χ2v) is 6.80. The Morgan fingerprint density at radius 2 is 2.42 bits per heavy atom. The highest BCUT2D eigenvalue weighted by Crippen LogP contribution is 2.51. The van der Waals surface area contributed by atoms with Crippen molar-refractivity contribution in [2.75, 3.05) is 6.61 Å². The van der Waals surface area contributed by atoms with E-state index in [1.165, 1.54) is 23.1 Å². The summed E-state index contributed by atoms with van der Waals surface area (Å²) in [6.45, 7) is 0.222. The molecule has 1 aliphatic rings. The summed E-state index contributed by atoms with van der Waals surface area (Å²) in [6.07, 6.45) is 3.11. The normalized spacial score (nSPS) is 17.2. The first-order valence-electron chi connectivity index (χ1n) is 6.10. The van der Waals surface area contributed by atoms with Gasteiger partial charge in [0.2, 0.25) is 0 Å². The number of carbonyl (C=O) groups is 1. The lowest BCUT2D eigenvalue weighted by Crippen LogP contribution is -2.37. The molecule has 0 N–H and O–H groups in total. The van der Waals surface area contributed by atoms with Crippen LogP contribution in [0.1, 0.15) is 20.6 Å². The minimum absolute atomic E-state index is 0.0409. The molecule has 1 aromatic heterocycles. The number of nitrogens with zero attached hydrogens (tertiary/aromatic N) is 2. The van der Waals surface area contributed by atoms with E-state index in [1.54, 1.807) is 16.9 Å². The van der Waals surface area contributed by atoms with E-state index in [1.807, 2.05) is 0 Å². The van der Waals surface area contributed by atoms with E-state index in [2.05, 4.69) is 4.98 Å². The van der Waals surface area contributed by atoms with Crippen molar-refractivity contribution in [2.45, 2.75) is 29.0 Å². The molecule has 0 aromatic carbocycles. The van der Waals surface area contributed by atoms with Crippen LogP contribution in [0.4, 0.5) is 5.69 Å². The summed E-state index contributed by atoms with van der Waals surface area (Å²) >= 11 is 0. The predicted octanol–water partition coefficient (Wildman–Crippen LogP) is 2.83. The smallest absolute Gasteiger partial charge is 0.293 e. The number of rotatable bonds is 6. The third-order valence-electron chi connectivity index (χ3n) is 2.89. The van der Waals surface area contributed by atoms with Crippen molar-refractivity contribution in [3.05, 3.63) is 28.4 Å². The van der Waals surface area contributed by atoms with E-state index in [4.69, 9.17) is 6.11 Å². The molecule has 0 atom stereocenters. The van der Waals surface area contributed by atoms with Crippen molar-refractivity contribution in [2.24, 2.45) is 0 Å². The molecule has 1 fully saturated rings. The molecule has 0 bridgehead atoms. The maximum Gasteiger partial charge on any atom is 0.293 e. The second-order valence-electron chi connectivity index (χ2n) is 4.19. The Kier molecular flexibility index (Phi) is 4.19. The van der Waals surface area contributed by atoms with Crippen molar-refractivity contribution in [1.82, 2.24) is 4.98 Å². The predicted molar refractivity (Wildman–Crippen MR) is 72.9 cm³/mol. The highest BCUT2D eigenvalue weighted by molar-refractivity contribution is 8.77. The Hall–Kier alpha value is -1.28. The number of nitro groups is 1. The Balaban J connectivity index is 1.89. The number of hydrogen-bond acceptors (Lipinski definition) is 7. The highest BCUT2D eigenvalue weighted by atomic mass is 33.1. The molecule has 1 saturated carbocycles. The lowest BCUT2D eigenvalue weighted by molar-refractivity contribution is -0.385. The van der Waals surface area contributed by atoms with E-state index < -0.39 is 11.4 Å². The van der Waals surface area contributed by atoms with Crippen molar-refractivity contribution >= 4 is 33.7 Å². The Morgan fingerprint density at radius 3 is 2.89 bits per heavy atom. The fourth-order valence-electron chi connectivity index (χ4n) is 1.64. The second kappa shape index (κ2) is 6.25. The van der Waals surface area contributed by atoms with Crippen LogP contribution in [0.2, 0.25) is 0 Å². The van der Waals surface area contributed by atoms with E-state index in [-0.39, 0.29) is 17.0 Å². The molecule has 0 spiro atoms. The standard InChI is InChI=1S/C11H12N2O4S2/c14-8-17-7-11(4-1-5-11)19-18-10-3-2-9(6-12-10)13(15)16/h2-3,6,8H,1,4-5,7H2/i8D. The number of hydrogen-bond donors (Lipinski definition) is 0. The van der Waals surface area contributed by atoms with Crippen LogP contribution in [0, 0.1) is 10.1 Å². The molecule has 19 heavy (non-hydrogen) atoms. The van der Waals surface area contributed by atoms with Crippen molar-refractivity contribution in [3.63, 3.8) is 0 Å².